The minimum atomic E-state index is -0.479. The number of aromatic nitrogens is 3. The van der Waals surface area contributed by atoms with Crippen LogP contribution in [0.2, 0.25) is 0 Å². The molecule has 1 aliphatic carbocycles. The summed E-state index contributed by atoms with van der Waals surface area (Å²) >= 11 is 0. The van der Waals surface area contributed by atoms with Gasteiger partial charge in [0.25, 0.3) is 5.91 Å². The van der Waals surface area contributed by atoms with Gasteiger partial charge < -0.3 is 10.1 Å². The van der Waals surface area contributed by atoms with Crippen LogP contribution in [0.5, 0.6) is 0 Å². The van der Waals surface area contributed by atoms with Gasteiger partial charge in [0.2, 0.25) is 5.82 Å². The molecule has 2 rings (SSSR count). The molecule has 1 aromatic rings. The van der Waals surface area contributed by atoms with E-state index in [-0.39, 0.29) is 29.3 Å². The molecule has 0 bridgehead atoms. The third kappa shape index (κ3) is 2.37. The third-order valence-corrected chi connectivity index (χ3v) is 4.49. The first kappa shape index (κ1) is 14.8. The van der Waals surface area contributed by atoms with E-state index >= 15 is 0 Å². The summed E-state index contributed by atoms with van der Waals surface area (Å²) in [7, 11) is 0. The van der Waals surface area contributed by atoms with Crippen molar-refractivity contribution in [1.82, 2.24) is 20.5 Å². The summed E-state index contributed by atoms with van der Waals surface area (Å²) in [5, 5.41) is 8.79. The van der Waals surface area contributed by atoms with Crippen molar-refractivity contribution in [3.8, 4) is 0 Å². The summed E-state index contributed by atoms with van der Waals surface area (Å²) in [5.74, 6) is -0.328. The van der Waals surface area contributed by atoms with E-state index in [0.29, 0.717) is 6.61 Å². The van der Waals surface area contributed by atoms with Crippen LogP contribution in [0.15, 0.2) is 4.79 Å². The summed E-state index contributed by atoms with van der Waals surface area (Å²) in [4.78, 5) is 25.4. The van der Waals surface area contributed by atoms with Crippen LogP contribution in [0.3, 0.4) is 0 Å². The zero-order chi connectivity index (χ0) is 14.8. The zero-order valence-corrected chi connectivity index (χ0v) is 12.2. The van der Waals surface area contributed by atoms with Crippen molar-refractivity contribution in [2.75, 3.05) is 6.61 Å². The van der Waals surface area contributed by atoms with Crippen LogP contribution in [-0.2, 0) is 4.74 Å². The number of carbonyl (C=O) groups is 1. The molecule has 0 aliphatic heterocycles. The summed E-state index contributed by atoms with van der Waals surface area (Å²) < 4.78 is 5.77. The Morgan fingerprint density at radius 3 is 2.65 bits per heavy atom. The van der Waals surface area contributed by atoms with Gasteiger partial charge in [-0.15, -0.1) is 5.10 Å². The normalized spacial score (nSPS) is 24.1. The lowest BCUT2D eigenvalue weighted by atomic mass is 9.58. The number of nitrogens with zero attached hydrogens (tertiary/aromatic N) is 1. The number of nitrogens with one attached hydrogen (secondary N) is 3. The Morgan fingerprint density at radius 2 is 2.15 bits per heavy atom. The Kier molecular flexibility index (Phi) is 4.27. The molecule has 0 unspecified atom stereocenters. The number of ether oxygens (including phenoxy) is 1. The van der Waals surface area contributed by atoms with Crippen molar-refractivity contribution in [3.63, 3.8) is 0 Å². The average Bonchev–Trinajstić information content (AvgIpc) is 2.86. The highest BCUT2D eigenvalue weighted by molar-refractivity contribution is 5.90. The van der Waals surface area contributed by atoms with Gasteiger partial charge in [0, 0.05) is 18.1 Å². The quantitative estimate of drug-likeness (QED) is 0.719. The van der Waals surface area contributed by atoms with Crippen molar-refractivity contribution in [2.45, 2.75) is 52.2 Å². The van der Waals surface area contributed by atoms with Gasteiger partial charge in [-0.25, -0.2) is 9.89 Å². The fourth-order valence-electron chi connectivity index (χ4n) is 3.19. The van der Waals surface area contributed by atoms with E-state index in [0.717, 1.165) is 19.3 Å². The summed E-state index contributed by atoms with van der Waals surface area (Å²) in [6, 6.07) is 0.0572. The predicted molar refractivity (Wildman–Crippen MR) is 73.5 cm³/mol. The highest BCUT2D eigenvalue weighted by Crippen LogP contribution is 2.48. The Labute approximate surface area is 117 Å². The number of amides is 1. The molecule has 112 valence electrons. The molecule has 1 amide bonds. The third-order valence-electron chi connectivity index (χ3n) is 4.49. The molecule has 0 radical (unpaired) electrons. The van der Waals surface area contributed by atoms with Crippen LogP contribution < -0.4 is 11.0 Å². The lowest BCUT2D eigenvalue weighted by molar-refractivity contribution is -0.134. The molecule has 7 heteroatoms. The smallest absolute Gasteiger partial charge is 0.341 e. The molecule has 1 fully saturated rings. The molecule has 20 heavy (non-hydrogen) atoms. The first-order chi connectivity index (χ1) is 9.57. The summed E-state index contributed by atoms with van der Waals surface area (Å²) in [6.07, 6.45) is 2.87. The lowest BCUT2D eigenvalue weighted by Crippen LogP contribution is -2.64. The van der Waals surface area contributed by atoms with E-state index in [1.165, 1.54) is 0 Å². The maximum Gasteiger partial charge on any atom is 0.341 e. The second-order valence-corrected chi connectivity index (χ2v) is 5.17. The van der Waals surface area contributed by atoms with E-state index in [1.807, 2.05) is 6.92 Å². The van der Waals surface area contributed by atoms with Crippen LogP contribution in [-0.4, -0.2) is 39.8 Å². The minimum absolute atomic E-state index is 0.0240. The molecule has 3 N–H and O–H groups in total. The maximum atomic E-state index is 12.0. The van der Waals surface area contributed by atoms with E-state index in [1.54, 1.807) is 0 Å². The van der Waals surface area contributed by atoms with Crippen LogP contribution in [0.25, 0.3) is 0 Å². The molecule has 1 heterocycles. The molecular formula is C13H22N4O3. The summed E-state index contributed by atoms with van der Waals surface area (Å²) in [5.41, 5.74) is -0.504. The molecule has 7 nitrogen and oxygen atoms in total. The van der Waals surface area contributed by atoms with Crippen molar-refractivity contribution in [2.24, 2.45) is 5.41 Å². The Bertz CT molecular complexity index is 518. The highest BCUT2D eigenvalue weighted by atomic mass is 16.5. The van der Waals surface area contributed by atoms with Crippen molar-refractivity contribution in [1.29, 1.82) is 0 Å². The van der Waals surface area contributed by atoms with Crippen LogP contribution in [0, 0.1) is 5.41 Å². The van der Waals surface area contributed by atoms with Gasteiger partial charge in [0.1, 0.15) is 0 Å². The Morgan fingerprint density at radius 1 is 1.45 bits per heavy atom. The Hall–Kier alpha value is -1.63. The number of H-pyrrole nitrogens is 2. The largest absolute Gasteiger partial charge is 0.378 e. The number of hydrogen-bond donors (Lipinski definition) is 3. The monoisotopic (exact) mass is 282 g/mol. The number of carbonyl (C=O) groups excluding carboxylic acids is 1. The highest BCUT2D eigenvalue weighted by Gasteiger charge is 2.53. The van der Waals surface area contributed by atoms with Gasteiger partial charge in [-0.05, 0) is 26.2 Å². The minimum Gasteiger partial charge on any atom is -0.378 e. The molecule has 0 saturated heterocycles. The van der Waals surface area contributed by atoms with Crippen molar-refractivity contribution < 1.29 is 9.53 Å². The van der Waals surface area contributed by atoms with Gasteiger partial charge in [0.05, 0.1) is 6.10 Å². The second kappa shape index (κ2) is 5.78. The van der Waals surface area contributed by atoms with Crippen LogP contribution in [0.1, 0.15) is 50.7 Å². The number of rotatable bonds is 6. The van der Waals surface area contributed by atoms with E-state index < -0.39 is 5.69 Å². The predicted octanol–water partition coefficient (Wildman–Crippen LogP) is 0.812. The van der Waals surface area contributed by atoms with E-state index in [2.05, 4.69) is 34.3 Å². The Balaban J connectivity index is 2.06. The first-order valence-electron chi connectivity index (χ1n) is 7.14. The fraction of sp³-hybridized carbons (Fsp3) is 0.769. The first-order valence-corrected chi connectivity index (χ1v) is 7.14. The topological polar surface area (TPSA) is 99.9 Å². The molecule has 1 aliphatic rings. The van der Waals surface area contributed by atoms with Crippen molar-refractivity contribution in [3.05, 3.63) is 16.3 Å². The van der Waals surface area contributed by atoms with E-state index in [9.17, 15) is 9.59 Å². The fourth-order valence-corrected chi connectivity index (χ4v) is 3.19. The zero-order valence-electron chi connectivity index (χ0n) is 12.2. The molecule has 0 spiro atoms. The maximum absolute atomic E-state index is 12.0. The van der Waals surface area contributed by atoms with Crippen molar-refractivity contribution >= 4 is 5.91 Å². The molecule has 1 aromatic heterocycles. The average molecular weight is 282 g/mol. The van der Waals surface area contributed by atoms with Crippen LogP contribution in [0.4, 0.5) is 0 Å². The molecule has 1 saturated carbocycles. The molecule has 0 aromatic carbocycles. The van der Waals surface area contributed by atoms with Gasteiger partial charge in [-0.1, -0.05) is 13.8 Å². The van der Waals surface area contributed by atoms with Gasteiger partial charge in [0.15, 0.2) is 0 Å². The standard InChI is InChI=1S/C13H22N4O3/c1-4-13(5-2)8(7-9(13)20-6-3)14-11(18)10-15-12(19)17-16-10/h8-9H,4-7H2,1-3H3,(H,14,18)(H2,15,16,17,19)/t8-,9+/m1/s1. The number of hydrogen-bond acceptors (Lipinski definition) is 4. The lowest BCUT2D eigenvalue weighted by Gasteiger charge is -2.55. The van der Waals surface area contributed by atoms with Gasteiger partial charge >= 0.3 is 5.69 Å². The molecule has 2 atom stereocenters. The number of aromatic amines is 2. The van der Waals surface area contributed by atoms with Crippen LogP contribution >= 0.6 is 0 Å². The molecular weight excluding hydrogens is 260 g/mol. The van der Waals surface area contributed by atoms with Gasteiger partial charge in [-0.2, -0.15) is 0 Å². The second-order valence-electron chi connectivity index (χ2n) is 5.17. The van der Waals surface area contributed by atoms with E-state index in [4.69, 9.17) is 4.74 Å². The van der Waals surface area contributed by atoms with Gasteiger partial charge in [-0.3, -0.25) is 9.78 Å². The summed E-state index contributed by atoms with van der Waals surface area (Å²) in [6.45, 7) is 6.89. The SMILES string of the molecule is CCO[C@H]1C[C@@H](NC(=O)c2n[nH]c(=O)[nH]2)C1(CC)CC.